The van der Waals surface area contributed by atoms with E-state index in [1.807, 2.05) is 0 Å². The molecule has 0 bridgehead atoms. The molecule has 0 fully saturated rings. The largest absolute Gasteiger partial charge is 0.494 e. The van der Waals surface area contributed by atoms with E-state index in [1.165, 1.54) is 0 Å². The maximum absolute atomic E-state index is 10.4. The number of nitrogens with one attached hydrogen (secondary N) is 2. The van der Waals surface area contributed by atoms with E-state index < -0.39 is 5.56 Å². The summed E-state index contributed by atoms with van der Waals surface area (Å²) < 4.78 is 0.125. The molecule has 59 valence electrons. The summed E-state index contributed by atoms with van der Waals surface area (Å²) in [4.78, 5) is 15.0. The Kier molecular flexibility index (Phi) is 3.59. The first kappa shape index (κ1) is 9.64. The second-order valence-corrected chi connectivity index (χ2v) is 1.88. The molecular formula is C4H4AuN2O2S. The van der Waals surface area contributed by atoms with E-state index in [1.54, 1.807) is 0 Å². The first-order valence-corrected chi connectivity index (χ1v) is 2.62. The molecule has 3 N–H and O–H groups in total. The van der Waals surface area contributed by atoms with Gasteiger partial charge in [0.05, 0.1) is 6.07 Å². The van der Waals surface area contributed by atoms with Crippen LogP contribution < -0.4 is 5.56 Å². The number of aromatic hydroxyl groups is 1. The molecule has 0 aromatic carbocycles. The molecule has 0 amide bonds. The maximum atomic E-state index is 10.4. The van der Waals surface area contributed by atoms with E-state index in [4.69, 9.17) is 5.11 Å². The average molecular weight is 341 g/mol. The molecule has 0 saturated carbocycles. The third-order valence-electron chi connectivity index (χ3n) is 0.746. The van der Waals surface area contributed by atoms with Crippen molar-refractivity contribution in [1.82, 2.24) is 9.97 Å². The normalized spacial score (nSPS) is 8.40. The molecule has 0 saturated heterocycles. The van der Waals surface area contributed by atoms with Gasteiger partial charge in [-0.25, -0.2) is 0 Å². The van der Waals surface area contributed by atoms with E-state index in [2.05, 4.69) is 22.2 Å². The average Bonchev–Trinajstić information content (AvgIpc) is 1.59. The molecule has 0 aliphatic carbocycles. The van der Waals surface area contributed by atoms with Crippen molar-refractivity contribution in [2.24, 2.45) is 0 Å². The number of aromatic amines is 2. The van der Waals surface area contributed by atoms with Crippen molar-refractivity contribution in [3.63, 3.8) is 0 Å². The summed E-state index contributed by atoms with van der Waals surface area (Å²) in [7, 11) is 0. The molecule has 0 aliphatic rings. The van der Waals surface area contributed by atoms with Crippen LogP contribution in [0.25, 0.3) is 0 Å². The van der Waals surface area contributed by atoms with Crippen LogP contribution in [0, 0.1) is 4.77 Å². The first-order valence-electron chi connectivity index (χ1n) is 2.21. The predicted molar refractivity (Wildman–Crippen MR) is 33.9 cm³/mol. The van der Waals surface area contributed by atoms with E-state index in [0.717, 1.165) is 6.07 Å². The zero-order valence-electron chi connectivity index (χ0n) is 4.64. The summed E-state index contributed by atoms with van der Waals surface area (Å²) in [5, 5.41) is 8.65. The summed E-state index contributed by atoms with van der Waals surface area (Å²) >= 11 is 4.52. The van der Waals surface area contributed by atoms with Gasteiger partial charge >= 0.3 is 0 Å². The molecule has 1 aromatic rings. The molecule has 4 nitrogen and oxygen atoms in total. The summed E-state index contributed by atoms with van der Waals surface area (Å²) in [6.45, 7) is 0. The van der Waals surface area contributed by atoms with Crippen molar-refractivity contribution >= 4 is 12.2 Å². The van der Waals surface area contributed by atoms with Crippen LogP contribution in [-0.4, -0.2) is 15.1 Å². The number of H-pyrrole nitrogens is 2. The summed E-state index contributed by atoms with van der Waals surface area (Å²) in [6, 6.07) is 1.01. The van der Waals surface area contributed by atoms with Gasteiger partial charge in [-0.1, -0.05) is 0 Å². The molecule has 0 aliphatic heterocycles. The number of rotatable bonds is 0. The van der Waals surface area contributed by atoms with Crippen LogP contribution in [0.5, 0.6) is 5.88 Å². The van der Waals surface area contributed by atoms with Gasteiger partial charge in [-0.3, -0.25) is 9.78 Å². The Bertz CT molecular complexity index is 289. The van der Waals surface area contributed by atoms with Crippen molar-refractivity contribution in [2.75, 3.05) is 0 Å². The monoisotopic (exact) mass is 341 g/mol. The van der Waals surface area contributed by atoms with Crippen molar-refractivity contribution in [3.05, 3.63) is 21.2 Å². The molecule has 1 rings (SSSR count). The third kappa shape index (κ3) is 2.49. The SMILES string of the molecule is O=c1cc(O)[nH]c(=S)[nH]1.[Au]. The molecule has 1 heterocycles. The van der Waals surface area contributed by atoms with E-state index in [-0.39, 0.29) is 33.0 Å². The predicted octanol–water partition coefficient (Wildman–Crippen LogP) is 0.136. The molecule has 1 radical (unpaired) electrons. The van der Waals surface area contributed by atoms with Crippen molar-refractivity contribution in [3.8, 4) is 5.88 Å². The van der Waals surface area contributed by atoms with Gasteiger partial charge in [-0.05, 0) is 12.2 Å². The van der Waals surface area contributed by atoms with Crippen LogP contribution in [-0.2, 0) is 22.4 Å². The second-order valence-electron chi connectivity index (χ2n) is 1.47. The fraction of sp³-hybridized carbons (Fsp3) is 0. The van der Waals surface area contributed by atoms with Crippen LogP contribution in [0.4, 0.5) is 0 Å². The molecule has 1 aromatic heterocycles. The summed E-state index contributed by atoms with van der Waals surface area (Å²) in [5.41, 5.74) is -0.406. The number of hydrogen-bond donors (Lipinski definition) is 3. The molecule has 0 spiro atoms. The molecule has 6 heteroatoms. The van der Waals surface area contributed by atoms with Crippen LogP contribution in [0.3, 0.4) is 0 Å². The number of hydrogen-bond acceptors (Lipinski definition) is 3. The second kappa shape index (κ2) is 3.72. The minimum atomic E-state index is -0.406. The fourth-order valence-electron chi connectivity index (χ4n) is 0.456. The zero-order chi connectivity index (χ0) is 6.85. The first-order chi connectivity index (χ1) is 4.18. The summed E-state index contributed by atoms with van der Waals surface area (Å²) in [6.07, 6.45) is 0. The van der Waals surface area contributed by atoms with E-state index in [0.29, 0.717) is 0 Å². The minimum Gasteiger partial charge on any atom is -0.494 e. The number of aromatic nitrogens is 2. The van der Waals surface area contributed by atoms with Crippen molar-refractivity contribution < 1.29 is 27.5 Å². The van der Waals surface area contributed by atoms with E-state index in [9.17, 15) is 4.79 Å². The molecule has 0 atom stereocenters. The Hall–Kier alpha value is -0.360. The van der Waals surface area contributed by atoms with Gasteiger partial charge in [0, 0.05) is 22.4 Å². The Balaban J connectivity index is 0.000000810. The van der Waals surface area contributed by atoms with Crippen LogP contribution >= 0.6 is 12.2 Å². The van der Waals surface area contributed by atoms with Gasteiger partial charge < -0.3 is 10.1 Å². The Morgan fingerprint density at radius 1 is 1.50 bits per heavy atom. The Morgan fingerprint density at radius 2 is 2.10 bits per heavy atom. The van der Waals surface area contributed by atoms with Gasteiger partial charge in [0.2, 0.25) is 0 Å². The quantitative estimate of drug-likeness (QED) is 0.464. The van der Waals surface area contributed by atoms with Crippen molar-refractivity contribution in [1.29, 1.82) is 0 Å². The van der Waals surface area contributed by atoms with Gasteiger partial charge in [0.25, 0.3) is 5.56 Å². The zero-order valence-corrected chi connectivity index (χ0v) is 7.63. The fourth-order valence-corrected chi connectivity index (χ4v) is 0.661. The smallest absolute Gasteiger partial charge is 0.255 e. The third-order valence-corrected chi connectivity index (χ3v) is 0.950. The molecular weight excluding hydrogens is 337 g/mol. The topological polar surface area (TPSA) is 68.9 Å². The molecule has 0 unspecified atom stereocenters. The van der Waals surface area contributed by atoms with E-state index >= 15 is 0 Å². The van der Waals surface area contributed by atoms with Gasteiger partial charge in [0.1, 0.15) is 0 Å². The standard InChI is InChI=1S/C4H4N2O2S.Au/c7-2-1-3(8)6-4(9)5-2;/h1H,(H3,5,6,7,8,9);. The summed E-state index contributed by atoms with van der Waals surface area (Å²) in [5.74, 6) is -0.219. The van der Waals surface area contributed by atoms with Crippen LogP contribution in [0.15, 0.2) is 10.9 Å². The maximum Gasteiger partial charge on any atom is 0.255 e. The van der Waals surface area contributed by atoms with Crippen LogP contribution in [0.2, 0.25) is 0 Å². The van der Waals surface area contributed by atoms with Gasteiger partial charge in [-0.15, -0.1) is 0 Å². The van der Waals surface area contributed by atoms with Crippen molar-refractivity contribution in [2.45, 2.75) is 0 Å². The molecule has 10 heavy (non-hydrogen) atoms. The van der Waals surface area contributed by atoms with Gasteiger partial charge in [0.15, 0.2) is 10.7 Å². The Labute approximate surface area is 76.8 Å². The minimum absolute atomic E-state index is 0. The van der Waals surface area contributed by atoms with Gasteiger partial charge in [-0.2, -0.15) is 0 Å². The Morgan fingerprint density at radius 3 is 2.50 bits per heavy atom. The van der Waals surface area contributed by atoms with Crippen LogP contribution in [0.1, 0.15) is 0 Å².